The Bertz CT molecular complexity index is 570. The zero-order chi connectivity index (χ0) is 15.8. The minimum atomic E-state index is -4.49. The lowest BCUT2D eigenvalue weighted by Gasteiger charge is -2.32. The summed E-state index contributed by atoms with van der Waals surface area (Å²) in [5.41, 5.74) is -0.745. The Morgan fingerprint density at radius 1 is 1.10 bits per heavy atom. The van der Waals surface area contributed by atoms with E-state index in [-0.39, 0.29) is 11.5 Å². The summed E-state index contributed by atoms with van der Waals surface area (Å²) in [5.74, 6) is -1.00. The Balaban J connectivity index is 2.27. The minimum Gasteiger partial charge on any atom is -0.342 e. The summed E-state index contributed by atoms with van der Waals surface area (Å²) < 4.78 is 38.1. The molecule has 1 aliphatic heterocycles. The van der Waals surface area contributed by atoms with E-state index in [4.69, 9.17) is 0 Å². The maximum atomic E-state index is 12.7. The molecule has 7 heteroatoms. The van der Waals surface area contributed by atoms with Crippen molar-refractivity contribution in [3.8, 4) is 0 Å². The molecule has 0 saturated carbocycles. The van der Waals surface area contributed by atoms with Crippen LogP contribution in [0.15, 0.2) is 24.3 Å². The van der Waals surface area contributed by atoms with Crippen LogP contribution in [0.3, 0.4) is 0 Å². The first-order valence-electron chi connectivity index (χ1n) is 6.48. The number of piperazine rings is 1. The van der Waals surface area contributed by atoms with E-state index in [1.165, 1.54) is 12.1 Å². The molecule has 2 N–H and O–H groups in total. The molecule has 0 aliphatic carbocycles. The molecule has 114 valence electrons. The number of benzene rings is 1. The molecular formula is C14H15F3N2O2. The third-order valence-corrected chi connectivity index (χ3v) is 3.34. The van der Waals surface area contributed by atoms with Gasteiger partial charge in [-0.25, -0.2) is 0 Å². The van der Waals surface area contributed by atoms with E-state index in [0.717, 1.165) is 12.1 Å². The Hall–Kier alpha value is -2.05. The van der Waals surface area contributed by atoms with E-state index >= 15 is 0 Å². The van der Waals surface area contributed by atoms with E-state index in [1.54, 1.807) is 13.8 Å². The second-order valence-electron chi connectivity index (χ2n) is 5.30. The Kier molecular flexibility index (Phi) is 3.93. The van der Waals surface area contributed by atoms with Gasteiger partial charge in [0.25, 0.3) is 0 Å². The average Bonchev–Trinajstić information content (AvgIpc) is 2.40. The molecule has 4 nitrogen and oxygen atoms in total. The molecular weight excluding hydrogens is 285 g/mol. The fourth-order valence-electron chi connectivity index (χ4n) is 2.20. The maximum absolute atomic E-state index is 12.7. The normalized spacial score (nSPS) is 23.0. The molecule has 0 bridgehead atoms. The molecule has 1 aromatic rings. The first-order valence-corrected chi connectivity index (χ1v) is 6.48. The Morgan fingerprint density at radius 2 is 1.76 bits per heavy atom. The van der Waals surface area contributed by atoms with Crippen molar-refractivity contribution in [1.82, 2.24) is 10.6 Å². The summed E-state index contributed by atoms with van der Waals surface area (Å²) in [6.07, 6.45) is -4.49. The summed E-state index contributed by atoms with van der Waals surface area (Å²) in [6, 6.07) is 2.62. The fraction of sp³-hybridized carbons (Fsp3) is 0.429. The highest BCUT2D eigenvalue weighted by molar-refractivity contribution is 5.97. The predicted molar refractivity (Wildman–Crippen MR) is 69.1 cm³/mol. The number of halogens is 3. The lowest BCUT2D eigenvalue weighted by Crippen LogP contribution is -2.59. The van der Waals surface area contributed by atoms with Gasteiger partial charge in [0, 0.05) is 0 Å². The predicted octanol–water partition coefficient (Wildman–Crippen LogP) is 2.02. The van der Waals surface area contributed by atoms with E-state index in [1.807, 2.05) is 0 Å². The number of nitrogens with one attached hydrogen (secondary N) is 2. The number of carbonyl (C=O) groups is 2. The van der Waals surface area contributed by atoms with E-state index in [0.29, 0.717) is 0 Å². The Morgan fingerprint density at radius 3 is 2.33 bits per heavy atom. The monoisotopic (exact) mass is 300 g/mol. The third kappa shape index (κ3) is 3.17. The van der Waals surface area contributed by atoms with E-state index in [2.05, 4.69) is 10.6 Å². The van der Waals surface area contributed by atoms with Crippen LogP contribution in [0.25, 0.3) is 0 Å². The molecule has 0 spiro atoms. The van der Waals surface area contributed by atoms with Gasteiger partial charge in [-0.2, -0.15) is 13.2 Å². The van der Waals surface area contributed by atoms with Crippen molar-refractivity contribution in [2.45, 2.75) is 32.1 Å². The number of alkyl halides is 3. The number of hydrogen-bond acceptors (Lipinski definition) is 2. The maximum Gasteiger partial charge on any atom is 0.416 e. The zero-order valence-electron chi connectivity index (χ0n) is 11.5. The molecule has 1 saturated heterocycles. The standard InChI is InChI=1S/C14H15F3N2O2/c1-7(2)10-12(20)19-11(13(21)18-10)8-4-3-5-9(6-8)14(15,16)17/h3-7,10-11H,1-2H3,(H,18,21)(H,19,20). The van der Waals surface area contributed by atoms with Crippen LogP contribution in [0.1, 0.15) is 31.0 Å². The molecule has 1 aromatic carbocycles. The van der Waals surface area contributed by atoms with Crippen LogP contribution in [0, 0.1) is 5.92 Å². The van der Waals surface area contributed by atoms with Crippen LogP contribution in [-0.2, 0) is 15.8 Å². The van der Waals surface area contributed by atoms with Gasteiger partial charge in [-0.05, 0) is 23.6 Å². The Labute approximate surface area is 119 Å². The van der Waals surface area contributed by atoms with Crippen LogP contribution in [0.5, 0.6) is 0 Å². The van der Waals surface area contributed by atoms with Gasteiger partial charge in [-0.15, -0.1) is 0 Å². The van der Waals surface area contributed by atoms with Crippen molar-refractivity contribution in [3.63, 3.8) is 0 Å². The van der Waals surface area contributed by atoms with Gasteiger partial charge in [0.1, 0.15) is 12.1 Å². The van der Waals surface area contributed by atoms with Gasteiger partial charge in [-0.3, -0.25) is 9.59 Å². The molecule has 1 heterocycles. The van der Waals surface area contributed by atoms with Crippen LogP contribution < -0.4 is 10.6 Å². The lowest BCUT2D eigenvalue weighted by atomic mass is 9.96. The van der Waals surface area contributed by atoms with Crippen molar-refractivity contribution in [1.29, 1.82) is 0 Å². The number of rotatable bonds is 2. The summed E-state index contributed by atoms with van der Waals surface area (Å²) in [5, 5.41) is 5.01. The quantitative estimate of drug-likeness (QED) is 0.878. The minimum absolute atomic E-state index is 0.101. The smallest absolute Gasteiger partial charge is 0.342 e. The summed E-state index contributed by atoms with van der Waals surface area (Å²) in [4.78, 5) is 23.9. The van der Waals surface area contributed by atoms with E-state index < -0.39 is 35.6 Å². The van der Waals surface area contributed by atoms with Crippen molar-refractivity contribution in [3.05, 3.63) is 35.4 Å². The van der Waals surface area contributed by atoms with E-state index in [9.17, 15) is 22.8 Å². The highest BCUT2D eigenvalue weighted by Crippen LogP contribution is 2.31. The third-order valence-electron chi connectivity index (χ3n) is 3.34. The number of carbonyl (C=O) groups excluding carboxylic acids is 2. The van der Waals surface area contributed by atoms with Crippen LogP contribution in [0.2, 0.25) is 0 Å². The van der Waals surface area contributed by atoms with Crippen molar-refractivity contribution in [2.24, 2.45) is 5.92 Å². The topological polar surface area (TPSA) is 58.2 Å². The van der Waals surface area contributed by atoms with Crippen LogP contribution in [-0.4, -0.2) is 17.9 Å². The van der Waals surface area contributed by atoms with Crippen molar-refractivity contribution >= 4 is 11.8 Å². The molecule has 2 atom stereocenters. The number of hydrogen-bond donors (Lipinski definition) is 2. The average molecular weight is 300 g/mol. The van der Waals surface area contributed by atoms with Crippen molar-refractivity contribution < 1.29 is 22.8 Å². The van der Waals surface area contributed by atoms with Gasteiger partial charge in [0.2, 0.25) is 11.8 Å². The fourth-order valence-corrected chi connectivity index (χ4v) is 2.20. The van der Waals surface area contributed by atoms with Gasteiger partial charge in [0.15, 0.2) is 0 Å². The zero-order valence-corrected chi connectivity index (χ0v) is 11.5. The van der Waals surface area contributed by atoms with Gasteiger partial charge in [-0.1, -0.05) is 26.0 Å². The second-order valence-corrected chi connectivity index (χ2v) is 5.30. The SMILES string of the molecule is CC(C)C1NC(=O)C(c2cccc(C(F)(F)F)c2)NC1=O. The molecule has 2 unspecified atom stereocenters. The van der Waals surface area contributed by atoms with Gasteiger partial charge < -0.3 is 10.6 Å². The second kappa shape index (κ2) is 5.38. The first-order chi connectivity index (χ1) is 9.70. The highest BCUT2D eigenvalue weighted by Gasteiger charge is 2.37. The molecule has 0 aromatic heterocycles. The van der Waals surface area contributed by atoms with Gasteiger partial charge >= 0.3 is 6.18 Å². The highest BCUT2D eigenvalue weighted by atomic mass is 19.4. The summed E-state index contributed by atoms with van der Waals surface area (Å²) in [7, 11) is 0. The molecule has 2 rings (SSSR count). The molecule has 1 aliphatic rings. The van der Waals surface area contributed by atoms with Crippen molar-refractivity contribution in [2.75, 3.05) is 0 Å². The molecule has 2 amide bonds. The van der Waals surface area contributed by atoms with Gasteiger partial charge in [0.05, 0.1) is 5.56 Å². The molecule has 21 heavy (non-hydrogen) atoms. The van der Waals surface area contributed by atoms with Crippen LogP contribution >= 0.6 is 0 Å². The summed E-state index contributed by atoms with van der Waals surface area (Å²) >= 11 is 0. The molecule has 0 radical (unpaired) electrons. The largest absolute Gasteiger partial charge is 0.416 e. The summed E-state index contributed by atoms with van der Waals surface area (Å²) in [6.45, 7) is 3.55. The molecule has 1 fully saturated rings. The first kappa shape index (κ1) is 15.3. The lowest BCUT2D eigenvalue weighted by molar-refractivity contribution is -0.138. The number of amides is 2. The van der Waals surface area contributed by atoms with Crippen LogP contribution in [0.4, 0.5) is 13.2 Å².